The molecule has 1 atom stereocenters. The van der Waals surface area contributed by atoms with Crippen LogP contribution in [0.1, 0.15) is 13.8 Å². The third-order valence-corrected chi connectivity index (χ3v) is 2.99. The van der Waals surface area contributed by atoms with Crippen molar-refractivity contribution in [2.75, 3.05) is 12.4 Å². The lowest BCUT2D eigenvalue weighted by Gasteiger charge is -2.19. The third kappa shape index (κ3) is 3.67. The quantitative estimate of drug-likeness (QED) is 0.782. The minimum atomic E-state index is -0.539. The number of thiol groups is 1. The van der Waals surface area contributed by atoms with Gasteiger partial charge < -0.3 is 4.74 Å². The highest BCUT2D eigenvalue weighted by atomic mass is 32.1. The number of benzene rings is 1. The first-order valence-electron chi connectivity index (χ1n) is 5.23. The van der Waals surface area contributed by atoms with Crippen LogP contribution in [0.3, 0.4) is 0 Å². The number of halogens is 2. The van der Waals surface area contributed by atoms with Gasteiger partial charge >= 0.3 is 0 Å². The minimum absolute atomic E-state index is 0.0348. The molecule has 0 bridgehead atoms. The zero-order chi connectivity index (χ0) is 12.1. The molecule has 1 nitrogen and oxygen atoms in total. The second kappa shape index (κ2) is 6.09. The molecule has 0 aliphatic heterocycles. The molecule has 90 valence electrons. The first-order valence-corrected chi connectivity index (χ1v) is 5.86. The second-order valence-electron chi connectivity index (χ2n) is 4.07. The van der Waals surface area contributed by atoms with E-state index in [0.29, 0.717) is 18.3 Å². The Morgan fingerprint density at radius 2 is 2.00 bits per heavy atom. The summed E-state index contributed by atoms with van der Waals surface area (Å²) in [6, 6.07) is 3.20. The smallest absolute Gasteiger partial charge is 0.165 e. The van der Waals surface area contributed by atoms with Crippen LogP contribution in [0, 0.1) is 23.5 Å². The molecule has 1 aromatic carbocycles. The molecule has 0 N–H and O–H groups in total. The zero-order valence-electron chi connectivity index (χ0n) is 9.41. The van der Waals surface area contributed by atoms with Crippen molar-refractivity contribution in [3.8, 4) is 5.75 Å². The highest BCUT2D eigenvalue weighted by Gasteiger charge is 2.14. The number of hydrogen-bond acceptors (Lipinski definition) is 2. The molecule has 16 heavy (non-hydrogen) atoms. The van der Waals surface area contributed by atoms with Gasteiger partial charge in [-0.2, -0.15) is 12.6 Å². The van der Waals surface area contributed by atoms with Crippen molar-refractivity contribution in [2.45, 2.75) is 13.8 Å². The number of ether oxygens (including phenoxy) is 1. The Kier molecular flexibility index (Phi) is 5.06. The average molecular weight is 246 g/mol. The van der Waals surface area contributed by atoms with Crippen LogP contribution in [0.2, 0.25) is 0 Å². The maximum absolute atomic E-state index is 13.2. The minimum Gasteiger partial charge on any atom is -0.490 e. The van der Waals surface area contributed by atoms with E-state index >= 15 is 0 Å². The van der Waals surface area contributed by atoms with E-state index in [2.05, 4.69) is 12.6 Å². The Balaban J connectivity index is 2.63. The van der Waals surface area contributed by atoms with Crippen molar-refractivity contribution >= 4 is 12.6 Å². The zero-order valence-corrected chi connectivity index (χ0v) is 10.3. The molecule has 0 saturated carbocycles. The molecule has 0 fully saturated rings. The van der Waals surface area contributed by atoms with Gasteiger partial charge in [0.2, 0.25) is 0 Å². The molecule has 1 aromatic rings. The molecule has 0 aliphatic carbocycles. The molecule has 1 rings (SSSR count). The monoisotopic (exact) mass is 246 g/mol. The molecule has 0 heterocycles. The Morgan fingerprint density at radius 3 is 2.56 bits per heavy atom. The molecule has 4 heteroatoms. The summed E-state index contributed by atoms with van der Waals surface area (Å²) in [5, 5.41) is 0. The van der Waals surface area contributed by atoms with Gasteiger partial charge in [0.1, 0.15) is 5.82 Å². The fourth-order valence-corrected chi connectivity index (χ4v) is 1.77. The number of hydrogen-bond donors (Lipinski definition) is 1. The van der Waals surface area contributed by atoms with Crippen molar-refractivity contribution < 1.29 is 13.5 Å². The van der Waals surface area contributed by atoms with Gasteiger partial charge in [0.05, 0.1) is 6.61 Å². The Morgan fingerprint density at radius 1 is 1.31 bits per heavy atom. The Hall–Kier alpha value is -0.770. The lowest BCUT2D eigenvalue weighted by atomic mass is 9.99. The van der Waals surface area contributed by atoms with E-state index in [9.17, 15) is 8.78 Å². The van der Waals surface area contributed by atoms with Crippen LogP contribution in [-0.4, -0.2) is 12.4 Å². The van der Waals surface area contributed by atoms with Crippen LogP contribution < -0.4 is 4.74 Å². The third-order valence-electron chi connectivity index (χ3n) is 2.52. The van der Waals surface area contributed by atoms with Gasteiger partial charge in [0.25, 0.3) is 0 Å². The van der Waals surface area contributed by atoms with Crippen LogP contribution in [-0.2, 0) is 0 Å². The summed E-state index contributed by atoms with van der Waals surface area (Å²) in [5.74, 6) is 0.216. The summed E-state index contributed by atoms with van der Waals surface area (Å²) in [6.07, 6.45) is 0. The van der Waals surface area contributed by atoms with Gasteiger partial charge in [-0.05, 0) is 23.8 Å². The standard InChI is InChI=1S/C12H16F2OS/c1-8(2)9(7-16)6-15-12-5-10(13)3-4-11(12)14/h3-5,8-9,16H,6-7H2,1-2H3. The van der Waals surface area contributed by atoms with Gasteiger partial charge in [-0.15, -0.1) is 0 Å². The van der Waals surface area contributed by atoms with Crippen LogP contribution in [0.15, 0.2) is 18.2 Å². The van der Waals surface area contributed by atoms with Crippen molar-refractivity contribution in [2.24, 2.45) is 11.8 Å². The number of rotatable bonds is 5. The largest absolute Gasteiger partial charge is 0.490 e. The predicted octanol–water partition coefficient (Wildman–Crippen LogP) is 3.55. The molecule has 0 aliphatic rings. The normalized spacial score (nSPS) is 12.9. The van der Waals surface area contributed by atoms with E-state index in [1.54, 1.807) is 0 Å². The van der Waals surface area contributed by atoms with E-state index in [1.807, 2.05) is 13.8 Å². The summed E-state index contributed by atoms with van der Waals surface area (Å²) in [4.78, 5) is 0. The SMILES string of the molecule is CC(C)C(CS)COc1cc(F)ccc1F. The summed E-state index contributed by atoms with van der Waals surface area (Å²) in [7, 11) is 0. The summed E-state index contributed by atoms with van der Waals surface area (Å²) in [5.41, 5.74) is 0. The summed E-state index contributed by atoms with van der Waals surface area (Å²) in [6.45, 7) is 4.44. The predicted molar refractivity (Wildman–Crippen MR) is 64.0 cm³/mol. The highest BCUT2D eigenvalue weighted by Crippen LogP contribution is 2.20. The van der Waals surface area contributed by atoms with Crippen molar-refractivity contribution in [1.29, 1.82) is 0 Å². The van der Waals surface area contributed by atoms with Gasteiger partial charge in [-0.25, -0.2) is 8.78 Å². The fourth-order valence-electron chi connectivity index (χ4n) is 1.24. The molecular formula is C12H16F2OS. The lowest BCUT2D eigenvalue weighted by molar-refractivity contribution is 0.218. The van der Waals surface area contributed by atoms with Crippen molar-refractivity contribution in [1.82, 2.24) is 0 Å². The van der Waals surface area contributed by atoms with Crippen LogP contribution >= 0.6 is 12.6 Å². The van der Waals surface area contributed by atoms with E-state index in [1.165, 1.54) is 0 Å². The van der Waals surface area contributed by atoms with Crippen molar-refractivity contribution in [3.05, 3.63) is 29.8 Å². The molecule has 0 aromatic heterocycles. The summed E-state index contributed by atoms with van der Waals surface area (Å²) >= 11 is 4.20. The lowest BCUT2D eigenvalue weighted by Crippen LogP contribution is -2.19. The highest BCUT2D eigenvalue weighted by molar-refractivity contribution is 7.80. The van der Waals surface area contributed by atoms with Crippen molar-refractivity contribution in [3.63, 3.8) is 0 Å². The topological polar surface area (TPSA) is 9.23 Å². The molecule has 0 amide bonds. The van der Waals surface area contributed by atoms with Gasteiger partial charge in [0.15, 0.2) is 11.6 Å². The van der Waals surface area contributed by atoms with Gasteiger partial charge in [-0.3, -0.25) is 0 Å². The van der Waals surface area contributed by atoms with Crippen LogP contribution in [0.4, 0.5) is 8.78 Å². The van der Waals surface area contributed by atoms with Crippen LogP contribution in [0.5, 0.6) is 5.75 Å². The fraction of sp³-hybridized carbons (Fsp3) is 0.500. The molecule has 0 saturated heterocycles. The summed E-state index contributed by atoms with van der Waals surface area (Å²) < 4.78 is 31.3. The van der Waals surface area contributed by atoms with E-state index in [-0.39, 0.29) is 11.7 Å². The van der Waals surface area contributed by atoms with E-state index in [4.69, 9.17) is 4.74 Å². The maximum atomic E-state index is 13.2. The second-order valence-corrected chi connectivity index (χ2v) is 4.44. The van der Waals surface area contributed by atoms with Gasteiger partial charge in [0, 0.05) is 12.0 Å². The van der Waals surface area contributed by atoms with E-state index < -0.39 is 11.6 Å². The van der Waals surface area contributed by atoms with Crippen LogP contribution in [0.25, 0.3) is 0 Å². The maximum Gasteiger partial charge on any atom is 0.165 e. The van der Waals surface area contributed by atoms with E-state index in [0.717, 1.165) is 18.2 Å². The molecule has 0 radical (unpaired) electrons. The molecule has 1 unspecified atom stereocenters. The van der Waals surface area contributed by atoms with Gasteiger partial charge in [-0.1, -0.05) is 13.8 Å². The first kappa shape index (κ1) is 13.3. The Labute approximate surface area is 100 Å². The Bertz CT molecular complexity index is 342. The molecule has 0 spiro atoms. The molecular weight excluding hydrogens is 230 g/mol. The first-order chi connectivity index (χ1) is 7.54. The average Bonchev–Trinajstić information content (AvgIpc) is 2.23.